The number of halogens is 1. The number of rotatable bonds is 3. The SMILES string of the molecule is CC(=O)N(CC(=O)N1CCc2ccccc21)c1cccc(Cl)c1C. The standard InChI is InChI=1S/C19H19ClN2O2/c1-13-16(20)7-5-9-17(13)22(14(2)23)12-19(24)21-11-10-15-6-3-4-8-18(15)21/h3-9H,10-12H2,1-2H3. The normalized spacial score (nSPS) is 12.9. The van der Waals surface area contributed by atoms with Crippen LogP contribution in [0.1, 0.15) is 18.1 Å². The number of para-hydroxylation sites is 1. The maximum atomic E-state index is 12.8. The van der Waals surface area contributed by atoms with Gasteiger partial charge in [0.15, 0.2) is 0 Å². The smallest absolute Gasteiger partial charge is 0.247 e. The number of benzene rings is 2. The van der Waals surface area contributed by atoms with Gasteiger partial charge in [0.1, 0.15) is 6.54 Å². The van der Waals surface area contributed by atoms with Gasteiger partial charge in [-0.1, -0.05) is 35.9 Å². The second-order valence-electron chi connectivity index (χ2n) is 5.91. The van der Waals surface area contributed by atoms with Gasteiger partial charge in [-0.25, -0.2) is 0 Å². The minimum atomic E-state index is -0.179. The van der Waals surface area contributed by atoms with Crippen LogP contribution in [-0.2, 0) is 16.0 Å². The van der Waals surface area contributed by atoms with Crippen molar-refractivity contribution in [3.05, 3.63) is 58.6 Å². The lowest BCUT2D eigenvalue weighted by Gasteiger charge is -2.26. The molecule has 0 atom stereocenters. The Morgan fingerprint density at radius 1 is 1.17 bits per heavy atom. The number of carbonyl (C=O) groups is 2. The van der Waals surface area contributed by atoms with Crippen LogP contribution in [0.2, 0.25) is 5.02 Å². The maximum absolute atomic E-state index is 12.8. The topological polar surface area (TPSA) is 40.6 Å². The van der Waals surface area contributed by atoms with E-state index in [1.54, 1.807) is 17.0 Å². The zero-order valence-electron chi connectivity index (χ0n) is 13.8. The Morgan fingerprint density at radius 2 is 1.92 bits per heavy atom. The predicted molar refractivity (Wildman–Crippen MR) is 96.7 cm³/mol. The highest BCUT2D eigenvalue weighted by Gasteiger charge is 2.27. The second-order valence-corrected chi connectivity index (χ2v) is 6.32. The Bertz CT molecular complexity index is 804. The predicted octanol–water partition coefficient (Wildman–Crippen LogP) is 3.59. The number of nitrogens with zero attached hydrogens (tertiary/aromatic N) is 2. The average Bonchev–Trinajstić information content (AvgIpc) is 2.99. The third kappa shape index (κ3) is 3.02. The molecule has 0 radical (unpaired) electrons. The molecule has 124 valence electrons. The summed E-state index contributed by atoms with van der Waals surface area (Å²) in [6.45, 7) is 3.97. The summed E-state index contributed by atoms with van der Waals surface area (Å²) in [5, 5.41) is 0.581. The molecule has 5 heteroatoms. The van der Waals surface area contributed by atoms with Crippen LogP contribution in [-0.4, -0.2) is 24.9 Å². The molecule has 24 heavy (non-hydrogen) atoms. The van der Waals surface area contributed by atoms with Crippen LogP contribution in [0.25, 0.3) is 0 Å². The fourth-order valence-corrected chi connectivity index (χ4v) is 3.24. The van der Waals surface area contributed by atoms with Crippen molar-refractivity contribution < 1.29 is 9.59 Å². The number of anilines is 2. The highest BCUT2D eigenvalue weighted by Crippen LogP contribution is 2.29. The van der Waals surface area contributed by atoms with Crippen LogP contribution in [0, 0.1) is 6.92 Å². The van der Waals surface area contributed by atoms with Gasteiger partial charge in [0, 0.05) is 29.9 Å². The van der Waals surface area contributed by atoms with Crippen LogP contribution in [0.4, 0.5) is 11.4 Å². The van der Waals surface area contributed by atoms with Gasteiger partial charge in [0.05, 0.1) is 0 Å². The van der Waals surface area contributed by atoms with E-state index in [1.165, 1.54) is 17.4 Å². The first-order valence-electron chi connectivity index (χ1n) is 7.90. The molecule has 1 heterocycles. The van der Waals surface area contributed by atoms with E-state index in [9.17, 15) is 9.59 Å². The van der Waals surface area contributed by atoms with Crippen molar-refractivity contribution in [1.82, 2.24) is 0 Å². The molecule has 0 aromatic heterocycles. The van der Waals surface area contributed by atoms with Crippen LogP contribution < -0.4 is 9.80 Å². The van der Waals surface area contributed by atoms with Crippen molar-refractivity contribution in [1.29, 1.82) is 0 Å². The molecule has 0 unspecified atom stereocenters. The quantitative estimate of drug-likeness (QED) is 0.855. The van der Waals surface area contributed by atoms with Crippen molar-refractivity contribution in [2.24, 2.45) is 0 Å². The van der Waals surface area contributed by atoms with E-state index in [0.29, 0.717) is 17.3 Å². The molecule has 0 N–H and O–H groups in total. The van der Waals surface area contributed by atoms with Gasteiger partial charge in [-0.15, -0.1) is 0 Å². The molecule has 1 aliphatic rings. The summed E-state index contributed by atoms with van der Waals surface area (Å²) in [6, 6.07) is 13.3. The van der Waals surface area contributed by atoms with Gasteiger partial charge < -0.3 is 9.80 Å². The first kappa shape index (κ1) is 16.5. The molecule has 4 nitrogen and oxygen atoms in total. The zero-order valence-corrected chi connectivity index (χ0v) is 14.5. The minimum absolute atomic E-state index is 0.00481. The van der Waals surface area contributed by atoms with Crippen LogP contribution in [0.5, 0.6) is 0 Å². The minimum Gasteiger partial charge on any atom is -0.310 e. The molecule has 0 fully saturated rings. The number of hydrogen-bond donors (Lipinski definition) is 0. The van der Waals surface area contributed by atoms with E-state index in [1.807, 2.05) is 37.3 Å². The second kappa shape index (κ2) is 6.65. The number of carbonyl (C=O) groups excluding carboxylic acids is 2. The summed E-state index contributed by atoms with van der Waals surface area (Å²) in [5.74, 6) is -0.268. The summed E-state index contributed by atoms with van der Waals surface area (Å²) >= 11 is 6.16. The Morgan fingerprint density at radius 3 is 2.67 bits per heavy atom. The molecule has 1 aliphatic heterocycles. The van der Waals surface area contributed by atoms with Crippen LogP contribution >= 0.6 is 11.6 Å². The largest absolute Gasteiger partial charge is 0.310 e. The molecule has 3 rings (SSSR count). The molecule has 2 aromatic rings. The summed E-state index contributed by atoms with van der Waals surface area (Å²) in [6.07, 6.45) is 0.845. The Labute approximate surface area is 146 Å². The van der Waals surface area contributed by atoms with Gasteiger partial charge in [0.2, 0.25) is 11.8 Å². The lowest BCUT2D eigenvalue weighted by molar-refractivity contribution is -0.121. The Balaban J connectivity index is 1.86. The summed E-state index contributed by atoms with van der Waals surface area (Å²) in [7, 11) is 0. The van der Waals surface area contributed by atoms with Crippen molar-refractivity contribution >= 4 is 34.8 Å². The zero-order chi connectivity index (χ0) is 17.3. The van der Waals surface area contributed by atoms with Crippen molar-refractivity contribution in [2.45, 2.75) is 20.3 Å². The van der Waals surface area contributed by atoms with Crippen molar-refractivity contribution in [3.8, 4) is 0 Å². The van der Waals surface area contributed by atoms with Crippen molar-refractivity contribution in [2.75, 3.05) is 22.9 Å². The van der Waals surface area contributed by atoms with Crippen LogP contribution in [0.3, 0.4) is 0 Å². The fourth-order valence-electron chi connectivity index (χ4n) is 3.07. The number of amides is 2. The molecule has 2 amide bonds. The van der Waals surface area contributed by atoms with Gasteiger partial charge in [-0.2, -0.15) is 0 Å². The van der Waals surface area contributed by atoms with Gasteiger partial charge >= 0.3 is 0 Å². The highest BCUT2D eigenvalue weighted by molar-refractivity contribution is 6.31. The summed E-state index contributed by atoms with van der Waals surface area (Å²) in [5.41, 5.74) is 3.58. The first-order valence-corrected chi connectivity index (χ1v) is 8.28. The van der Waals surface area contributed by atoms with E-state index in [-0.39, 0.29) is 18.4 Å². The van der Waals surface area contributed by atoms with Gasteiger partial charge in [-0.05, 0) is 42.7 Å². The highest BCUT2D eigenvalue weighted by atomic mass is 35.5. The summed E-state index contributed by atoms with van der Waals surface area (Å²) < 4.78 is 0. The molecule has 0 saturated carbocycles. The molecular formula is C19H19ClN2O2. The lowest BCUT2D eigenvalue weighted by Crippen LogP contribution is -2.42. The molecule has 0 aliphatic carbocycles. The van der Waals surface area contributed by atoms with E-state index >= 15 is 0 Å². The molecular weight excluding hydrogens is 324 g/mol. The number of fused-ring (bicyclic) bond motifs is 1. The molecule has 0 saturated heterocycles. The number of hydrogen-bond acceptors (Lipinski definition) is 2. The Hall–Kier alpha value is -2.33. The Kier molecular flexibility index (Phi) is 4.58. The molecule has 0 bridgehead atoms. The first-order chi connectivity index (χ1) is 11.5. The van der Waals surface area contributed by atoms with E-state index < -0.39 is 0 Å². The molecule has 0 spiro atoms. The van der Waals surface area contributed by atoms with E-state index in [0.717, 1.165) is 17.7 Å². The fraction of sp³-hybridized carbons (Fsp3) is 0.263. The monoisotopic (exact) mass is 342 g/mol. The lowest BCUT2D eigenvalue weighted by atomic mass is 10.1. The van der Waals surface area contributed by atoms with Gasteiger partial charge in [0.25, 0.3) is 0 Å². The van der Waals surface area contributed by atoms with E-state index in [2.05, 4.69) is 0 Å². The molecule has 2 aromatic carbocycles. The third-order valence-corrected chi connectivity index (χ3v) is 4.80. The van der Waals surface area contributed by atoms with Gasteiger partial charge in [-0.3, -0.25) is 9.59 Å². The summed E-state index contributed by atoms with van der Waals surface area (Å²) in [4.78, 5) is 28.2. The third-order valence-electron chi connectivity index (χ3n) is 4.39. The van der Waals surface area contributed by atoms with Crippen LogP contribution in [0.15, 0.2) is 42.5 Å². The van der Waals surface area contributed by atoms with E-state index in [4.69, 9.17) is 11.6 Å². The van der Waals surface area contributed by atoms with Crippen molar-refractivity contribution in [3.63, 3.8) is 0 Å². The average molecular weight is 343 g/mol. The maximum Gasteiger partial charge on any atom is 0.247 e.